The number of halogens is 1. The predicted molar refractivity (Wildman–Crippen MR) is 229 cm³/mol. The number of hydrogen-bond donors (Lipinski definition) is 8. The number of imidazole rings is 3. The number of H-pyrrole nitrogens is 6. The third-order valence-corrected chi connectivity index (χ3v) is 9.91. The highest BCUT2D eigenvalue weighted by atomic mass is 79.9. The lowest BCUT2D eigenvalue weighted by atomic mass is 10.2. The van der Waals surface area contributed by atoms with E-state index in [1.165, 1.54) is 12.1 Å². The molecule has 0 aliphatic heterocycles. The van der Waals surface area contributed by atoms with E-state index in [0.29, 0.717) is 57.6 Å². The van der Waals surface area contributed by atoms with Crippen LogP contribution >= 0.6 is 15.9 Å². The third-order valence-electron chi connectivity index (χ3n) is 9.42. The summed E-state index contributed by atoms with van der Waals surface area (Å²) in [5, 5.41) is 41.7. The Morgan fingerprint density at radius 1 is 0.583 bits per heavy atom. The smallest absolute Gasteiger partial charge is 0.337 e. The average molecular weight is 864 g/mol. The predicted octanol–water partition coefficient (Wildman–Crippen LogP) is 8.72. The summed E-state index contributed by atoms with van der Waals surface area (Å²) >= 11 is 3.46. The van der Waals surface area contributed by atoms with E-state index in [1.54, 1.807) is 30.3 Å². The van der Waals surface area contributed by atoms with Crippen LogP contribution in [0.5, 0.6) is 5.88 Å². The third kappa shape index (κ3) is 7.17. The van der Waals surface area contributed by atoms with Crippen LogP contribution in [0, 0.1) is 0 Å². The SMILES string of the molecule is Brc1ccc2nc(-c3n[nH]c4ccccc34)[nH]c2c1.CCOc1cc(-c2nc3c(C(=O)O)cccc3[nH]2)[nH]n1.O=C(O)c1cccc2[nH]c(-c3n[nH]c4ccccc34)nc12. The first-order valence-corrected chi connectivity index (χ1v) is 19.2. The second kappa shape index (κ2) is 15.7. The fraction of sp³-hybridized carbons (Fsp3) is 0.0476. The molecule has 60 heavy (non-hydrogen) atoms. The highest BCUT2D eigenvalue weighted by Gasteiger charge is 2.18. The van der Waals surface area contributed by atoms with Gasteiger partial charge in [0.25, 0.3) is 0 Å². The van der Waals surface area contributed by atoms with Gasteiger partial charge >= 0.3 is 11.9 Å². The van der Waals surface area contributed by atoms with Crippen LogP contribution in [-0.2, 0) is 0 Å². The van der Waals surface area contributed by atoms with Crippen molar-refractivity contribution in [2.75, 3.05) is 6.61 Å². The molecule has 0 saturated heterocycles. The Balaban J connectivity index is 0.000000116. The molecule has 11 aromatic rings. The van der Waals surface area contributed by atoms with Crippen molar-refractivity contribution in [3.8, 4) is 40.4 Å². The van der Waals surface area contributed by atoms with Crippen molar-refractivity contribution in [2.45, 2.75) is 6.92 Å². The fourth-order valence-electron chi connectivity index (χ4n) is 6.68. The van der Waals surface area contributed by atoms with Crippen molar-refractivity contribution in [3.05, 3.63) is 125 Å². The van der Waals surface area contributed by atoms with E-state index in [4.69, 9.17) is 9.84 Å². The number of carboxylic acid groups (broad SMARTS) is 2. The van der Waals surface area contributed by atoms with Crippen molar-refractivity contribution in [2.24, 2.45) is 0 Å². The molecule has 5 aromatic carbocycles. The summed E-state index contributed by atoms with van der Waals surface area (Å²) in [6.07, 6.45) is 0. The van der Waals surface area contributed by atoms with Crippen LogP contribution in [-0.4, -0.2) is 89.3 Å². The van der Waals surface area contributed by atoms with Crippen LogP contribution in [0.1, 0.15) is 27.6 Å². The summed E-state index contributed by atoms with van der Waals surface area (Å²) in [6.45, 7) is 2.39. The van der Waals surface area contributed by atoms with Gasteiger partial charge < -0.3 is 29.9 Å². The molecule has 6 heterocycles. The number of fused-ring (bicyclic) bond motifs is 5. The van der Waals surface area contributed by atoms with Gasteiger partial charge in [0, 0.05) is 21.3 Å². The van der Waals surface area contributed by atoms with Gasteiger partial charge in [0.05, 0.1) is 50.8 Å². The van der Waals surface area contributed by atoms with Gasteiger partial charge in [-0.15, -0.1) is 5.10 Å². The summed E-state index contributed by atoms with van der Waals surface area (Å²) in [5.41, 5.74) is 8.55. The fourth-order valence-corrected chi connectivity index (χ4v) is 7.04. The molecule has 0 aliphatic carbocycles. The molecule has 0 fully saturated rings. The molecule has 0 aliphatic rings. The zero-order chi connectivity index (χ0) is 41.3. The number of aromatic nitrogens is 12. The van der Waals surface area contributed by atoms with Crippen molar-refractivity contribution in [1.82, 2.24) is 60.5 Å². The normalized spacial score (nSPS) is 11.2. The molecule has 0 radical (unpaired) electrons. The minimum atomic E-state index is -1.01. The Bertz CT molecular complexity index is 3360. The van der Waals surface area contributed by atoms with Crippen molar-refractivity contribution in [1.29, 1.82) is 0 Å². The monoisotopic (exact) mass is 862 g/mol. The van der Waals surface area contributed by atoms with E-state index < -0.39 is 11.9 Å². The highest BCUT2D eigenvalue weighted by molar-refractivity contribution is 9.10. The highest BCUT2D eigenvalue weighted by Crippen LogP contribution is 2.29. The van der Waals surface area contributed by atoms with Crippen LogP contribution in [0.2, 0.25) is 0 Å². The zero-order valence-corrected chi connectivity index (χ0v) is 32.9. The summed E-state index contributed by atoms with van der Waals surface area (Å²) < 4.78 is 6.30. The molecular formula is C42H31BrN12O5. The maximum Gasteiger partial charge on any atom is 0.337 e. The van der Waals surface area contributed by atoms with Crippen molar-refractivity contribution >= 4 is 82.8 Å². The number of aromatic carboxylic acids is 2. The van der Waals surface area contributed by atoms with Gasteiger partial charge in [-0.3, -0.25) is 15.3 Å². The molecule has 0 atom stereocenters. The molecule has 0 bridgehead atoms. The average Bonchev–Trinajstić information content (AvgIpc) is 4.11. The lowest BCUT2D eigenvalue weighted by molar-refractivity contribution is 0.0688. The molecule has 0 unspecified atom stereocenters. The first kappa shape index (κ1) is 37.5. The van der Waals surface area contributed by atoms with Crippen molar-refractivity contribution in [3.63, 3.8) is 0 Å². The quantitative estimate of drug-likeness (QED) is 0.0751. The molecule has 6 aromatic heterocycles. The van der Waals surface area contributed by atoms with Crippen molar-refractivity contribution < 1.29 is 24.5 Å². The molecule has 0 saturated carbocycles. The number of nitrogens with one attached hydrogen (secondary N) is 6. The van der Waals surface area contributed by atoms with E-state index in [9.17, 15) is 14.7 Å². The van der Waals surface area contributed by atoms with E-state index in [-0.39, 0.29) is 11.1 Å². The number of nitrogens with zero attached hydrogens (tertiary/aromatic N) is 6. The van der Waals surface area contributed by atoms with Gasteiger partial charge in [-0.2, -0.15) is 10.2 Å². The Labute approximate surface area is 345 Å². The van der Waals surface area contributed by atoms with Gasteiger partial charge in [0.2, 0.25) is 5.88 Å². The molecule has 18 heteroatoms. The number of rotatable bonds is 7. The van der Waals surface area contributed by atoms with Gasteiger partial charge in [0.15, 0.2) is 17.5 Å². The molecule has 8 N–H and O–H groups in total. The molecule has 296 valence electrons. The maximum absolute atomic E-state index is 11.2. The van der Waals surface area contributed by atoms with E-state index in [0.717, 1.165) is 48.8 Å². The summed E-state index contributed by atoms with van der Waals surface area (Å²) in [5.74, 6) is 0.328. The summed E-state index contributed by atoms with van der Waals surface area (Å²) in [6, 6.07) is 33.4. The van der Waals surface area contributed by atoms with E-state index >= 15 is 0 Å². The van der Waals surface area contributed by atoms with Gasteiger partial charge in [-0.1, -0.05) is 64.5 Å². The minimum absolute atomic E-state index is 0.162. The van der Waals surface area contributed by atoms with Crippen LogP contribution in [0.25, 0.3) is 89.5 Å². The first-order valence-electron chi connectivity index (χ1n) is 18.4. The number of carboxylic acids is 2. The second-order valence-electron chi connectivity index (χ2n) is 13.2. The maximum atomic E-state index is 11.2. The first-order chi connectivity index (χ1) is 29.2. The van der Waals surface area contributed by atoms with E-state index in [2.05, 4.69) is 76.4 Å². The standard InChI is InChI=1S/C15H10N4O2.C14H9BrN4.C13H12N4O3/c20-15(21)9-5-3-7-11-12(9)17-14(16-11)13-8-4-1-2-6-10(8)18-19-13;15-8-5-6-11-12(7-8)17-14(16-11)13-9-3-1-2-4-10(9)18-19-13;1-2-20-10-6-9(16-17-10)12-14-8-5-3-4-7(13(18)19)11(8)15-12/h1-7H,(H,16,17)(H,18,19)(H,20,21);1-7H,(H,16,17)(H,18,19);3-6H,2H2,1H3,(H,14,15)(H,16,17)(H,18,19). The number of ether oxygens (including phenoxy) is 1. The number of hydrogen-bond acceptors (Lipinski definition) is 9. The lowest BCUT2D eigenvalue weighted by Gasteiger charge is -1.93. The number of carbonyl (C=O) groups is 2. The van der Waals surface area contributed by atoms with Crippen LogP contribution in [0.3, 0.4) is 0 Å². The Morgan fingerprint density at radius 2 is 1.12 bits per heavy atom. The molecule has 0 amide bonds. The second-order valence-corrected chi connectivity index (χ2v) is 14.1. The van der Waals surface area contributed by atoms with Crippen LogP contribution in [0.15, 0.2) is 114 Å². The Hall–Kier alpha value is -8.12. The lowest BCUT2D eigenvalue weighted by Crippen LogP contribution is -1.96. The van der Waals surface area contributed by atoms with Crippen LogP contribution in [0.4, 0.5) is 0 Å². The zero-order valence-electron chi connectivity index (χ0n) is 31.3. The molecule has 17 nitrogen and oxygen atoms in total. The molecular weight excluding hydrogens is 832 g/mol. The largest absolute Gasteiger partial charge is 0.478 e. The molecule has 0 spiro atoms. The summed E-state index contributed by atoms with van der Waals surface area (Å²) in [4.78, 5) is 45.2. The summed E-state index contributed by atoms with van der Waals surface area (Å²) in [7, 11) is 0. The van der Waals surface area contributed by atoms with Gasteiger partial charge in [-0.25, -0.2) is 24.5 Å². The topological polar surface area (TPSA) is 256 Å². The van der Waals surface area contributed by atoms with Gasteiger partial charge in [-0.05, 0) is 61.5 Å². The minimum Gasteiger partial charge on any atom is -0.478 e. The van der Waals surface area contributed by atoms with Gasteiger partial charge in [0.1, 0.15) is 28.1 Å². The number of aromatic amines is 6. The van der Waals surface area contributed by atoms with E-state index in [1.807, 2.05) is 73.7 Å². The number of para-hydroxylation sites is 4. The molecule has 11 rings (SSSR count). The number of benzene rings is 5. The Morgan fingerprint density at radius 3 is 1.72 bits per heavy atom. The van der Waals surface area contributed by atoms with Crippen LogP contribution < -0.4 is 4.74 Å². The Kier molecular flexibility index (Phi) is 9.78.